The number of nitrogens with one attached hydrogen (secondary N) is 1. The Balaban J connectivity index is 1.55. The third kappa shape index (κ3) is 2.96. The number of quaternary nitrogens is 1. The van der Waals surface area contributed by atoms with Gasteiger partial charge in [-0.3, -0.25) is 4.79 Å². The van der Waals surface area contributed by atoms with Crippen LogP contribution in [-0.2, 0) is 11.3 Å². The SMILES string of the molecule is C[C@@]1(C(=O)N2CC[NH+](Cc3ccccc3Cl)CC2)CC1(Cl)Cl. The van der Waals surface area contributed by atoms with Crippen LogP contribution in [0.1, 0.15) is 18.9 Å². The van der Waals surface area contributed by atoms with Crippen molar-refractivity contribution < 1.29 is 9.69 Å². The third-order valence-corrected chi connectivity index (χ3v) is 6.36. The number of rotatable bonds is 3. The van der Waals surface area contributed by atoms with Crippen LogP contribution in [0.15, 0.2) is 24.3 Å². The highest BCUT2D eigenvalue weighted by Crippen LogP contribution is 2.64. The molecule has 120 valence electrons. The summed E-state index contributed by atoms with van der Waals surface area (Å²) < 4.78 is -0.883. The first-order valence-corrected chi connectivity index (χ1v) is 8.71. The molecule has 3 rings (SSSR count). The lowest BCUT2D eigenvalue weighted by Gasteiger charge is -2.34. The predicted molar refractivity (Wildman–Crippen MR) is 89.6 cm³/mol. The largest absolute Gasteiger partial charge is 0.331 e. The number of carbonyl (C=O) groups excluding carboxylic acids is 1. The zero-order chi connectivity index (χ0) is 16.0. The Bertz CT molecular complexity index is 585. The molecular weight excluding hydrogens is 343 g/mol. The maximum atomic E-state index is 12.5. The second-order valence-electron chi connectivity index (χ2n) is 6.52. The van der Waals surface area contributed by atoms with Crippen LogP contribution in [0, 0.1) is 5.41 Å². The van der Waals surface area contributed by atoms with Gasteiger partial charge in [0.1, 0.15) is 10.9 Å². The van der Waals surface area contributed by atoms with Gasteiger partial charge < -0.3 is 9.80 Å². The Hall–Kier alpha value is -0.480. The molecular formula is C16H20Cl3N2O+. The fourth-order valence-corrected chi connectivity index (χ4v) is 3.99. The Morgan fingerprint density at radius 3 is 2.41 bits per heavy atom. The molecule has 1 saturated heterocycles. The van der Waals surface area contributed by atoms with E-state index in [1.54, 1.807) is 0 Å². The van der Waals surface area contributed by atoms with Crippen molar-refractivity contribution in [2.24, 2.45) is 5.41 Å². The molecule has 0 unspecified atom stereocenters. The van der Waals surface area contributed by atoms with Gasteiger partial charge in [0.2, 0.25) is 5.91 Å². The number of amides is 1. The predicted octanol–water partition coefficient (Wildman–Crippen LogP) is 2.15. The van der Waals surface area contributed by atoms with Crippen molar-refractivity contribution >= 4 is 40.7 Å². The highest BCUT2D eigenvalue weighted by atomic mass is 35.5. The lowest BCUT2D eigenvalue weighted by Crippen LogP contribution is -3.13. The summed E-state index contributed by atoms with van der Waals surface area (Å²) in [4.78, 5) is 15.9. The molecule has 2 aliphatic rings. The van der Waals surface area contributed by atoms with Crippen molar-refractivity contribution in [1.82, 2.24) is 4.90 Å². The van der Waals surface area contributed by atoms with Gasteiger partial charge in [0, 0.05) is 10.6 Å². The minimum absolute atomic E-state index is 0.0919. The van der Waals surface area contributed by atoms with E-state index in [0.717, 1.165) is 43.3 Å². The summed E-state index contributed by atoms with van der Waals surface area (Å²) in [5.41, 5.74) is 0.560. The molecule has 0 radical (unpaired) electrons. The lowest BCUT2D eigenvalue weighted by molar-refractivity contribution is -0.917. The molecule has 1 aliphatic heterocycles. The van der Waals surface area contributed by atoms with Crippen LogP contribution in [0.2, 0.25) is 5.02 Å². The fourth-order valence-electron chi connectivity index (χ4n) is 3.09. The first kappa shape index (κ1) is 16.4. The fraction of sp³-hybridized carbons (Fsp3) is 0.562. The zero-order valence-corrected chi connectivity index (χ0v) is 14.8. The van der Waals surface area contributed by atoms with Gasteiger partial charge in [-0.15, -0.1) is 23.2 Å². The molecule has 2 fully saturated rings. The molecule has 1 N–H and O–H groups in total. The number of hydrogen-bond donors (Lipinski definition) is 1. The quantitative estimate of drug-likeness (QED) is 0.819. The minimum Gasteiger partial charge on any atom is -0.331 e. The van der Waals surface area contributed by atoms with E-state index in [2.05, 4.69) is 6.07 Å². The van der Waals surface area contributed by atoms with E-state index in [-0.39, 0.29) is 5.91 Å². The van der Waals surface area contributed by atoms with E-state index >= 15 is 0 Å². The van der Waals surface area contributed by atoms with Crippen LogP contribution in [0.4, 0.5) is 0 Å². The average Bonchev–Trinajstić information content (AvgIpc) is 3.01. The number of halogens is 3. The van der Waals surface area contributed by atoms with Crippen LogP contribution < -0.4 is 4.90 Å². The van der Waals surface area contributed by atoms with Crippen LogP contribution in [-0.4, -0.2) is 41.3 Å². The summed E-state index contributed by atoms with van der Waals surface area (Å²) in [5.74, 6) is 0.0919. The second kappa shape index (κ2) is 5.86. The van der Waals surface area contributed by atoms with Crippen molar-refractivity contribution in [2.45, 2.75) is 24.2 Å². The lowest BCUT2D eigenvalue weighted by atomic mass is 10.1. The van der Waals surface area contributed by atoms with Crippen molar-refractivity contribution in [3.8, 4) is 0 Å². The molecule has 3 nitrogen and oxygen atoms in total. The highest BCUT2D eigenvalue weighted by Gasteiger charge is 2.68. The van der Waals surface area contributed by atoms with Gasteiger partial charge in [0.25, 0.3) is 0 Å². The molecule has 0 aromatic heterocycles. The van der Waals surface area contributed by atoms with Gasteiger partial charge in [-0.25, -0.2) is 0 Å². The maximum Gasteiger partial charge on any atom is 0.232 e. The number of alkyl halides is 2. The van der Waals surface area contributed by atoms with E-state index < -0.39 is 9.75 Å². The Morgan fingerprint density at radius 2 is 1.86 bits per heavy atom. The molecule has 1 aromatic rings. The van der Waals surface area contributed by atoms with Crippen molar-refractivity contribution in [3.05, 3.63) is 34.9 Å². The smallest absolute Gasteiger partial charge is 0.232 e. The molecule has 6 heteroatoms. The molecule has 1 aliphatic carbocycles. The van der Waals surface area contributed by atoms with Crippen LogP contribution in [0.25, 0.3) is 0 Å². The minimum atomic E-state index is -0.883. The first-order chi connectivity index (χ1) is 10.3. The summed E-state index contributed by atoms with van der Waals surface area (Å²) in [5, 5.41) is 0.813. The number of carbonyl (C=O) groups is 1. The van der Waals surface area contributed by atoms with Crippen LogP contribution in [0.3, 0.4) is 0 Å². The second-order valence-corrected chi connectivity index (χ2v) is 8.41. The average molecular weight is 363 g/mol. The van der Waals surface area contributed by atoms with Gasteiger partial charge in [-0.05, 0) is 19.4 Å². The Morgan fingerprint density at radius 1 is 1.27 bits per heavy atom. The van der Waals surface area contributed by atoms with Gasteiger partial charge in [-0.2, -0.15) is 0 Å². The normalized spacial score (nSPS) is 27.7. The van der Waals surface area contributed by atoms with Crippen molar-refractivity contribution in [3.63, 3.8) is 0 Å². The van der Waals surface area contributed by atoms with Gasteiger partial charge in [-0.1, -0.05) is 29.8 Å². The maximum absolute atomic E-state index is 12.5. The molecule has 1 heterocycles. The molecule has 1 atom stereocenters. The Labute approximate surface area is 146 Å². The van der Waals surface area contributed by atoms with E-state index in [1.165, 1.54) is 4.90 Å². The summed E-state index contributed by atoms with van der Waals surface area (Å²) in [6.07, 6.45) is 0.550. The van der Waals surface area contributed by atoms with Crippen molar-refractivity contribution in [1.29, 1.82) is 0 Å². The number of nitrogens with zero attached hydrogens (tertiary/aromatic N) is 1. The summed E-state index contributed by atoms with van der Waals surface area (Å²) in [7, 11) is 0. The first-order valence-electron chi connectivity index (χ1n) is 7.58. The van der Waals surface area contributed by atoms with Crippen molar-refractivity contribution in [2.75, 3.05) is 26.2 Å². The van der Waals surface area contributed by atoms with Gasteiger partial charge in [0.05, 0.1) is 31.6 Å². The summed E-state index contributed by atoms with van der Waals surface area (Å²) >= 11 is 18.4. The van der Waals surface area contributed by atoms with Gasteiger partial charge in [0.15, 0.2) is 0 Å². The number of benzene rings is 1. The molecule has 1 saturated carbocycles. The van der Waals surface area contributed by atoms with E-state index in [1.807, 2.05) is 30.0 Å². The van der Waals surface area contributed by atoms with Gasteiger partial charge >= 0.3 is 0 Å². The molecule has 0 bridgehead atoms. The standard InChI is InChI=1S/C16H19Cl3N2O/c1-15(11-16(15,18)19)14(22)21-8-6-20(7-9-21)10-12-4-2-3-5-13(12)17/h2-5H,6-11H2,1H3/p+1/t15-/m0/s1. The highest BCUT2D eigenvalue weighted by molar-refractivity contribution is 6.53. The van der Waals surface area contributed by atoms with E-state index in [4.69, 9.17) is 34.8 Å². The summed E-state index contributed by atoms with van der Waals surface area (Å²) in [6, 6.07) is 7.94. The number of hydrogen-bond acceptors (Lipinski definition) is 1. The van der Waals surface area contributed by atoms with E-state index in [0.29, 0.717) is 6.42 Å². The molecule has 22 heavy (non-hydrogen) atoms. The van der Waals surface area contributed by atoms with Crippen LogP contribution in [0.5, 0.6) is 0 Å². The Kier molecular flexibility index (Phi) is 4.36. The molecule has 1 aromatic carbocycles. The van der Waals surface area contributed by atoms with E-state index in [9.17, 15) is 4.79 Å². The monoisotopic (exact) mass is 361 g/mol. The third-order valence-electron chi connectivity index (χ3n) is 4.89. The van der Waals surface area contributed by atoms with Crippen LogP contribution >= 0.6 is 34.8 Å². The molecule has 1 amide bonds. The zero-order valence-electron chi connectivity index (χ0n) is 12.5. The summed E-state index contributed by atoms with van der Waals surface area (Å²) in [6.45, 7) is 6.09. The number of piperazine rings is 1. The topological polar surface area (TPSA) is 24.8 Å². The molecule has 0 spiro atoms.